The molecule has 0 saturated carbocycles. The van der Waals surface area contributed by atoms with E-state index in [1.165, 1.54) is 17.2 Å². The van der Waals surface area contributed by atoms with Crippen molar-refractivity contribution in [1.29, 1.82) is 0 Å². The molecule has 1 N–H and O–H groups in total. The number of amides is 1. The second kappa shape index (κ2) is 5.44. The van der Waals surface area contributed by atoms with E-state index in [9.17, 15) is 14.9 Å². The first-order valence-corrected chi connectivity index (χ1v) is 5.41. The number of carbonyl (C=O) groups excluding carboxylic acids is 1. The largest absolute Gasteiger partial charge is 0.353 e. The van der Waals surface area contributed by atoms with Crippen molar-refractivity contribution in [3.63, 3.8) is 0 Å². The second-order valence-electron chi connectivity index (χ2n) is 4.24. The first kappa shape index (κ1) is 13.9. The van der Waals surface area contributed by atoms with Gasteiger partial charge in [-0.05, 0) is 19.4 Å². The van der Waals surface area contributed by atoms with Gasteiger partial charge in [-0.1, -0.05) is 0 Å². The molecule has 0 aliphatic rings. The molecule has 1 heterocycles. The standard InChI is InChI=1S/C11H16N4O3/c1-7-5-9(15(17)18)10(12-6-7)13-8(2)11(16)14(3)4/h5-6,8H,1-4H3,(H,12,13)/t8-/m0/s1. The fourth-order valence-electron chi connectivity index (χ4n) is 1.46. The van der Waals surface area contributed by atoms with Crippen molar-refractivity contribution in [1.82, 2.24) is 9.88 Å². The molecule has 0 aliphatic heterocycles. The summed E-state index contributed by atoms with van der Waals surface area (Å²) in [5.41, 5.74) is 0.562. The zero-order valence-corrected chi connectivity index (χ0v) is 10.8. The molecule has 1 aromatic heterocycles. The minimum Gasteiger partial charge on any atom is -0.353 e. The van der Waals surface area contributed by atoms with Gasteiger partial charge in [0.2, 0.25) is 11.7 Å². The first-order chi connectivity index (χ1) is 8.32. The third-order valence-electron chi connectivity index (χ3n) is 2.37. The molecule has 1 amide bonds. The van der Waals surface area contributed by atoms with E-state index in [0.29, 0.717) is 5.56 Å². The van der Waals surface area contributed by atoms with Gasteiger partial charge in [-0.3, -0.25) is 14.9 Å². The van der Waals surface area contributed by atoms with Gasteiger partial charge in [0.1, 0.15) is 6.04 Å². The van der Waals surface area contributed by atoms with E-state index in [4.69, 9.17) is 0 Å². The average molecular weight is 252 g/mol. The summed E-state index contributed by atoms with van der Waals surface area (Å²) in [6, 6.07) is 0.844. The molecule has 1 atom stereocenters. The van der Waals surface area contributed by atoms with Crippen LogP contribution in [-0.4, -0.2) is 40.9 Å². The number of aryl methyl sites for hydroxylation is 1. The lowest BCUT2D eigenvalue weighted by Crippen LogP contribution is -2.37. The maximum atomic E-state index is 11.7. The topological polar surface area (TPSA) is 88.4 Å². The molecule has 0 spiro atoms. The van der Waals surface area contributed by atoms with Gasteiger partial charge in [-0.25, -0.2) is 4.98 Å². The van der Waals surface area contributed by atoms with Crippen LogP contribution in [-0.2, 0) is 4.79 Å². The van der Waals surface area contributed by atoms with E-state index >= 15 is 0 Å². The molecule has 7 heteroatoms. The maximum Gasteiger partial charge on any atom is 0.311 e. The molecule has 0 saturated heterocycles. The highest BCUT2D eigenvalue weighted by Gasteiger charge is 2.21. The predicted octanol–water partition coefficient (Wildman–Crippen LogP) is 1.19. The fourth-order valence-corrected chi connectivity index (χ4v) is 1.46. The van der Waals surface area contributed by atoms with Gasteiger partial charge in [0.25, 0.3) is 0 Å². The lowest BCUT2D eigenvalue weighted by atomic mass is 10.2. The molecule has 0 aliphatic carbocycles. The third-order valence-corrected chi connectivity index (χ3v) is 2.37. The summed E-state index contributed by atoms with van der Waals surface area (Å²) in [7, 11) is 3.25. The lowest BCUT2D eigenvalue weighted by molar-refractivity contribution is -0.384. The number of likely N-dealkylation sites (N-methyl/N-ethyl adjacent to an activating group) is 1. The van der Waals surface area contributed by atoms with Crippen LogP contribution in [0.25, 0.3) is 0 Å². The van der Waals surface area contributed by atoms with Crippen LogP contribution in [0.2, 0.25) is 0 Å². The van der Waals surface area contributed by atoms with Crippen LogP contribution < -0.4 is 5.32 Å². The highest BCUT2D eigenvalue weighted by Crippen LogP contribution is 2.23. The highest BCUT2D eigenvalue weighted by atomic mass is 16.6. The van der Waals surface area contributed by atoms with Gasteiger partial charge in [0.05, 0.1) is 4.92 Å². The maximum absolute atomic E-state index is 11.7. The van der Waals surface area contributed by atoms with Crippen molar-refractivity contribution >= 4 is 17.4 Å². The Morgan fingerprint density at radius 3 is 2.67 bits per heavy atom. The highest BCUT2D eigenvalue weighted by molar-refractivity contribution is 5.84. The molecule has 0 radical (unpaired) electrons. The van der Waals surface area contributed by atoms with Gasteiger partial charge in [-0.15, -0.1) is 0 Å². The number of carbonyl (C=O) groups is 1. The Labute approximate surface area is 105 Å². The SMILES string of the molecule is Cc1cnc(N[C@@H](C)C(=O)N(C)C)c([N+](=O)[O-])c1. The van der Waals surface area contributed by atoms with Crippen molar-refractivity contribution in [2.75, 3.05) is 19.4 Å². The summed E-state index contributed by atoms with van der Waals surface area (Å²) in [5, 5.41) is 13.6. The van der Waals surface area contributed by atoms with Crippen LogP contribution in [0.1, 0.15) is 12.5 Å². The van der Waals surface area contributed by atoms with E-state index in [2.05, 4.69) is 10.3 Å². The van der Waals surface area contributed by atoms with Gasteiger partial charge < -0.3 is 10.2 Å². The Balaban J connectivity index is 2.97. The molecule has 7 nitrogen and oxygen atoms in total. The van der Waals surface area contributed by atoms with Crippen LogP contribution in [0.4, 0.5) is 11.5 Å². The van der Waals surface area contributed by atoms with Crippen LogP contribution in [0.5, 0.6) is 0 Å². The number of hydrogen-bond acceptors (Lipinski definition) is 5. The molecule has 1 rings (SSSR count). The van der Waals surface area contributed by atoms with E-state index in [-0.39, 0.29) is 17.4 Å². The lowest BCUT2D eigenvalue weighted by Gasteiger charge is -2.18. The smallest absolute Gasteiger partial charge is 0.311 e. The van der Waals surface area contributed by atoms with Gasteiger partial charge >= 0.3 is 5.69 Å². The molecule has 0 aromatic carbocycles. The number of rotatable bonds is 4. The quantitative estimate of drug-likeness (QED) is 0.642. The van der Waals surface area contributed by atoms with Crippen LogP contribution in [0.3, 0.4) is 0 Å². The van der Waals surface area contributed by atoms with Crippen LogP contribution in [0.15, 0.2) is 12.3 Å². The summed E-state index contributed by atoms with van der Waals surface area (Å²) in [6.45, 7) is 3.35. The monoisotopic (exact) mass is 252 g/mol. The molecule has 18 heavy (non-hydrogen) atoms. The first-order valence-electron chi connectivity index (χ1n) is 5.41. The van der Waals surface area contributed by atoms with Crippen LogP contribution in [0, 0.1) is 17.0 Å². The zero-order chi connectivity index (χ0) is 13.9. The summed E-state index contributed by atoms with van der Waals surface area (Å²) >= 11 is 0. The molecule has 0 unspecified atom stereocenters. The molecule has 1 aromatic rings. The molecule has 98 valence electrons. The summed E-state index contributed by atoms with van der Waals surface area (Å²) in [6.07, 6.45) is 1.52. The van der Waals surface area contributed by atoms with E-state index in [0.717, 1.165) is 0 Å². The Kier molecular flexibility index (Phi) is 4.19. The Morgan fingerprint density at radius 2 is 2.17 bits per heavy atom. The fraction of sp³-hybridized carbons (Fsp3) is 0.455. The average Bonchev–Trinajstić information content (AvgIpc) is 2.29. The Bertz CT molecular complexity index is 473. The number of nitrogens with one attached hydrogen (secondary N) is 1. The zero-order valence-electron chi connectivity index (χ0n) is 10.8. The number of nitrogens with zero attached hydrogens (tertiary/aromatic N) is 3. The molecular formula is C11H16N4O3. The second-order valence-corrected chi connectivity index (χ2v) is 4.24. The van der Waals surface area contributed by atoms with Crippen molar-refractivity contribution in [3.05, 3.63) is 27.9 Å². The van der Waals surface area contributed by atoms with E-state index < -0.39 is 11.0 Å². The Hall–Kier alpha value is -2.18. The van der Waals surface area contributed by atoms with Crippen molar-refractivity contribution in [2.24, 2.45) is 0 Å². The van der Waals surface area contributed by atoms with Crippen LogP contribution >= 0.6 is 0 Å². The van der Waals surface area contributed by atoms with E-state index in [1.807, 2.05) is 0 Å². The molecule has 0 fully saturated rings. The minimum absolute atomic E-state index is 0.105. The van der Waals surface area contributed by atoms with E-state index in [1.54, 1.807) is 27.9 Å². The number of pyridine rings is 1. The number of nitro groups is 1. The van der Waals surface area contributed by atoms with Gasteiger partial charge in [-0.2, -0.15) is 0 Å². The predicted molar refractivity (Wildman–Crippen MR) is 67.4 cm³/mol. The summed E-state index contributed by atoms with van der Waals surface area (Å²) < 4.78 is 0. The summed E-state index contributed by atoms with van der Waals surface area (Å²) in [4.78, 5) is 27.4. The van der Waals surface area contributed by atoms with Gasteiger partial charge in [0.15, 0.2) is 0 Å². The molecule has 0 bridgehead atoms. The van der Waals surface area contributed by atoms with Gasteiger partial charge in [0, 0.05) is 26.4 Å². The minimum atomic E-state index is -0.575. The van der Waals surface area contributed by atoms with Crippen molar-refractivity contribution in [3.8, 4) is 0 Å². The Morgan fingerprint density at radius 1 is 1.56 bits per heavy atom. The number of aromatic nitrogens is 1. The third kappa shape index (κ3) is 3.16. The number of hydrogen-bond donors (Lipinski definition) is 1. The van der Waals surface area contributed by atoms with Crippen molar-refractivity contribution in [2.45, 2.75) is 19.9 Å². The number of anilines is 1. The summed E-state index contributed by atoms with van der Waals surface area (Å²) in [5.74, 6) is -0.0695. The van der Waals surface area contributed by atoms with Crippen molar-refractivity contribution < 1.29 is 9.72 Å². The molecular weight excluding hydrogens is 236 g/mol. The normalized spacial score (nSPS) is 11.8.